The molecule has 2 unspecified atom stereocenters. The van der Waals surface area contributed by atoms with Crippen molar-refractivity contribution < 1.29 is 14.4 Å². The third kappa shape index (κ3) is 4.63. The van der Waals surface area contributed by atoms with E-state index < -0.39 is 17.6 Å². The Morgan fingerprint density at radius 3 is 2.72 bits per heavy atom. The first-order valence-electron chi connectivity index (χ1n) is 14.5. The molecule has 3 aromatic heterocycles. The molecule has 3 saturated heterocycles. The number of benzene rings is 2. The van der Waals surface area contributed by atoms with Gasteiger partial charge in [-0.15, -0.1) is 4.52 Å². The summed E-state index contributed by atoms with van der Waals surface area (Å²) in [5, 5.41) is 18.5. The topological polar surface area (TPSA) is 133 Å². The Balaban J connectivity index is 1.32. The molecule has 6 heterocycles. The van der Waals surface area contributed by atoms with Crippen molar-refractivity contribution in [2.24, 2.45) is 5.92 Å². The third-order valence-corrected chi connectivity index (χ3v) is 8.73. The number of aromatic nitrogens is 4. The summed E-state index contributed by atoms with van der Waals surface area (Å²) in [6.07, 6.45) is 5.17. The Hall–Kier alpha value is -4.98. The molecule has 3 aliphatic heterocycles. The number of piperidine rings is 3. The number of H-pyrrole nitrogens is 1. The Kier molecular flexibility index (Phi) is 6.49. The van der Waals surface area contributed by atoms with E-state index in [0.717, 1.165) is 25.9 Å². The summed E-state index contributed by atoms with van der Waals surface area (Å²) < 4.78 is 3.20. The second kappa shape index (κ2) is 10.4. The number of anilines is 1. The first-order chi connectivity index (χ1) is 20.8. The van der Waals surface area contributed by atoms with E-state index in [1.54, 1.807) is 27.5 Å². The SMILES string of the molecule is CC(NC(=O)c1c(N)[nH][n+]2cccnc12)c1cc2cccc(C#CC3(O)CN4CCC3CC4)c2c(=O)n1-c1ccccc1. The lowest BCUT2D eigenvalue weighted by Crippen LogP contribution is -2.58. The number of nitrogens with zero attached hydrogens (tertiary/aromatic N) is 4. The molecule has 0 radical (unpaired) electrons. The molecule has 5 N–H and O–H groups in total. The van der Waals surface area contributed by atoms with Gasteiger partial charge in [0, 0.05) is 35.5 Å². The summed E-state index contributed by atoms with van der Waals surface area (Å²) in [6, 6.07) is 17.9. The molecule has 43 heavy (non-hydrogen) atoms. The lowest BCUT2D eigenvalue weighted by Gasteiger charge is -2.47. The van der Waals surface area contributed by atoms with Crippen molar-refractivity contribution in [3.05, 3.63) is 100 Å². The van der Waals surface area contributed by atoms with Crippen LogP contribution in [-0.4, -0.2) is 55.8 Å². The van der Waals surface area contributed by atoms with Crippen LogP contribution in [0.2, 0.25) is 0 Å². The van der Waals surface area contributed by atoms with Crippen molar-refractivity contribution in [2.75, 3.05) is 25.4 Å². The van der Waals surface area contributed by atoms with Crippen LogP contribution >= 0.6 is 0 Å². The van der Waals surface area contributed by atoms with E-state index in [4.69, 9.17) is 5.73 Å². The summed E-state index contributed by atoms with van der Waals surface area (Å²) in [6.45, 7) is 4.34. The average Bonchev–Trinajstić information content (AvgIpc) is 3.36. The van der Waals surface area contributed by atoms with E-state index >= 15 is 0 Å². The molecule has 10 nitrogen and oxygen atoms in total. The number of hydrogen-bond donors (Lipinski definition) is 4. The Labute approximate surface area is 247 Å². The quantitative estimate of drug-likeness (QED) is 0.192. The van der Waals surface area contributed by atoms with Crippen LogP contribution < -0.4 is 21.1 Å². The number of pyridine rings is 1. The number of amides is 1. The monoisotopic (exact) mass is 574 g/mol. The van der Waals surface area contributed by atoms with Gasteiger partial charge >= 0.3 is 5.65 Å². The fourth-order valence-electron chi connectivity index (χ4n) is 6.52. The average molecular weight is 575 g/mol. The highest BCUT2D eigenvalue weighted by molar-refractivity contribution is 6.03. The number of nitrogens with two attached hydrogens (primary N) is 1. The van der Waals surface area contributed by atoms with Crippen LogP contribution in [0.3, 0.4) is 0 Å². The summed E-state index contributed by atoms with van der Waals surface area (Å²) in [5.41, 5.74) is 7.25. The molecular formula is C33H32N7O3+. The third-order valence-electron chi connectivity index (χ3n) is 8.73. The second-order valence-electron chi connectivity index (χ2n) is 11.4. The number of fused-ring (bicyclic) bond motifs is 5. The molecule has 216 valence electrons. The summed E-state index contributed by atoms with van der Waals surface area (Å²) >= 11 is 0. The standard InChI is InChI=1S/C33H31N7O3/c1-21(36-31(41)28-29(34)37-39-16-6-15-35-30(28)39)26-19-23-8-5-7-22(11-14-33(43)20-38-17-12-24(33)13-18-38)27(23)32(42)40(26)25-9-3-2-4-10-25/h2-10,15-16,19,21,24,43H,12-13,17-18,20H2,1H3,(H3,34,36,37,41)/p+1. The first kappa shape index (κ1) is 26.9. The minimum Gasteiger partial charge on any atom is -0.382 e. The van der Waals surface area contributed by atoms with Gasteiger partial charge in [-0.25, -0.2) is 5.10 Å². The lowest BCUT2D eigenvalue weighted by atomic mass is 9.75. The van der Waals surface area contributed by atoms with Gasteiger partial charge in [-0.05, 0) is 67.5 Å². The highest BCUT2D eigenvalue weighted by Gasteiger charge is 2.44. The molecule has 2 atom stereocenters. The molecule has 3 fully saturated rings. The van der Waals surface area contributed by atoms with Crippen LogP contribution in [0.5, 0.6) is 0 Å². The van der Waals surface area contributed by atoms with Gasteiger partial charge in [0.2, 0.25) is 0 Å². The van der Waals surface area contributed by atoms with E-state index in [9.17, 15) is 14.7 Å². The lowest BCUT2D eigenvalue weighted by molar-refractivity contribution is -0.577. The molecule has 10 heteroatoms. The van der Waals surface area contributed by atoms with Gasteiger partial charge in [0.25, 0.3) is 11.5 Å². The Morgan fingerprint density at radius 1 is 1.19 bits per heavy atom. The molecule has 3 aliphatic rings. The number of nitrogen functional groups attached to an aromatic ring is 1. The van der Waals surface area contributed by atoms with Crippen LogP contribution in [-0.2, 0) is 0 Å². The maximum Gasteiger partial charge on any atom is 0.362 e. The maximum atomic E-state index is 14.4. The molecule has 0 aliphatic carbocycles. The molecule has 0 saturated carbocycles. The Bertz CT molecular complexity index is 2000. The second-order valence-corrected chi connectivity index (χ2v) is 11.4. The van der Waals surface area contributed by atoms with Gasteiger partial charge in [0.1, 0.15) is 18.0 Å². The summed E-state index contributed by atoms with van der Waals surface area (Å²) in [4.78, 5) is 34.4. The number of aromatic amines is 1. The fourth-order valence-corrected chi connectivity index (χ4v) is 6.52. The molecule has 2 aromatic carbocycles. The summed E-state index contributed by atoms with van der Waals surface area (Å²) in [5.74, 6) is 6.26. The minimum absolute atomic E-state index is 0.136. The molecule has 5 aromatic rings. The number of hydrogen-bond acceptors (Lipinski definition) is 6. The van der Waals surface area contributed by atoms with Gasteiger partial charge in [0.15, 0.2) is 11.4 Å². The Morgan fingerprint density at radius 2 is 1.98 bits per heavy atom. The van der Waals surface area contributed by atoms with E-state index in [0.29, 0.717) is 39.9 Å². The first-order valence-corrected chi connectivity index (χ1v) is 14.5. The van der Waals surface area contributed by atoms with Crippen molar-refractivity contribution in [1.82, 2.24) is 24.9 Å². The fraction of sp³-hybridized carbons (Fsp3) is 0.273. The number of aliphatic hydroxyl groups is 1. The summed E-state index contributed by atoms with van der Waals surface area (Å²) in [7, 11) is 0. The van der Waals surface area contributed by atoms with Crippen LogP contribution in [0.15, 0.2) is 77.9 Å². The smallest absolute Gasteiger partial charge is 0.362 e. The normalized spacial score (nSPS) is 21.8. The van der Waals surface area contributed by atoms with Crippen molar-refractivity contribution in [3.63, 3.8) is 0 Å². The van der Waals surface area contributed by atoms with Crippen LogP contribution in [0.4, 0.5) is 5.82 Å². The van der Waals surface area contributed by atoms with Crippen LogP contribution in [0, 0.1) is 17.8 Å². The van der Waals surface area contributed by atoms with Gasteiger partial charge in [-0.1, -0.05) is 42.2 Å². The van der Waals surface area contributed by atoms with Crippen LogP contribution in [0.25, 0.3) is 22.1 Å². The van der Waals surface area contributed by atoms with E-state index in [1.165, 1.54) is 0 Å². The van der Waals surface area contributed by atoms with E-state index in [-0.39, 0.29) is 22.9 Å². The zero-order valence-corrected chi connectivity index (χ0v) is 23.7. The predicted octanol–water partition coefficient (Wildman–Crippen LogP) is 2.33. The number of nitrogens with one attached hydrogen (secondary N) is 2. The van der Waals surface area contributed by atoms with E-state index in [2.05, 4.69) is 32.1 Å². The van der Waals surface area contributed by atoms with Gasteiger partial charge in [-0.3, -0.25) is 19.1 Å². The maximum absolute atomic E-state index is 14.4. The van der Waals surface area contributed by atoms with Crippen LogP contribution in [0.1, 0.15) is 47.4 Å². The zero-order chi connectivity index (χ0) is 29.7. The molecule has 8 rings (SSSR count). The van der Waals surface area contributed by atoms with Crippen molar-refractivity contribution in [3.8, 4) is 17.5 Å². The predicted molar refractivity (Wildman–Crippen MR) is 163 cm³/mol. The van der Waals surface area contributed by atoms with Gasteiger partial charge in [0.05, 0.1) is 11.4 Å². The number of rotatable bonds is 4. The molecule has 1 amide bonds. The van der Waals surface area contributed by atoms with Gasteiger partial charge in [-0.2, -0.15) is 0 Å². The molecule has 2 bridgehead atoms. The highest BCUT2D eigenvalue weighted by atomic mass is 16.3. The number of carbonyl (C=O) groups excluding carboxylic acids is 1. The van der Waals surface area contributed by atoms with Crippen molar-refractivity contribution >= 4 is 28.1 Å². The highest BCUT2D eigenvalue weighted by Crippen LogP contribution is 2.35. The number of carbonyl (C=O) groups is 1. The largest absolute Gasteiger partial charge is 0.382 e. The zero-order valence-electron chi connectivity index (χ0n) is 23.7. The minimum atomic E-state index is -1.09. The van der Waals surface area contributed by atoms with E-state index in [1.807, 2.05) is 61.5 Å². The molecule has 0 spiro atoms. The van der Waals surface area contributed by atoms with Gasteiger partial charge < -0.3 is 16.2 Å². The molecular weight excluding hydrogens is 542 g/mol. The van der Waals surface area contributed by atoms with Crippen molar-refractivity contribution in [1.29, 1.82) is 0 Å². The number of para-hydroxylation sites is 1. The van der Waals surface area contributed by atoms with Crippen molar-refractivity contribution in [2.45, 2.75) is 31.4 Å².